The second kappa shape index (κ2) is 10.8. The lowest BCUT2D eigenvalue weighted by atomic mass is 9.93. The Bertz CT molecular complexity index is 1060. The van der Waals surface area contributed by atoms with Gasteiger partial charge in [-0.25, -0.2) is 0 Å². The van der Waals surface area contributed by atoms with Crippen LogP contribution in [-0.4, -0.2) is 59.5 Å². The zero-order valence-electron chi connectivity index (χ0n) is 19.5. The Morgan fingerprint density at radius 1 is 0.909 bits per heavy atom. The fourth-order valence-corrected chi connectivity index (χ4v) is 3.79. The number of benzene rings is 2. The number of phenols is 1. The molecule has 33 heavy (non-hydrogen) atoms. The van der Waals surface area contributed by atoms with Gasteiger partial charge in [0.25, 0.3) is 0 Å². The van der Waals surface area contributed by atoms with Gasteiger partial charge in [0, 0.05) is 12.6 Å². The highest BCUT2D eigenvalue weighted by Crippen LogP contribution is 2.44. The van der Waals surface area contributed by atoms with Gasteiger partial charge in [-0.2, -0.15) is 0 Å². The molecule has 0 radical (unpaired) electrons. The molecule has 8 nitrogen and oxygen atoms in total. The van der Waals surface area contributed by atoms with Crippen LogP contribution in [0.3, 0.4) is 0 Å². The van der Waals surface area contributed by atoms with Crippen molar-refractivity contribution < 1.29 is 33.6 Å². The number of ketones is 1. The molecular weight excluding hydrogens is 426 g/mol. The predicted octanol–water partition coefficient (Wildman–Crippen LogP) is 3.71. The molecule has 176 valence electrons. The average Bonchev–Trinajstić information content (AvgIpc) is 2.86. The highest BCUT2D eigenvalue weighted by Gasteiger charge is 2.25. The molecule has 0 fully saturated rings. The normalized spacial score (nSPS) is 13.4. The van der Waals surface area contributed by atoms with Gasteiger partial charge in [0.2, 0.25) is 5.75 Å². The molecule has 2 aromatic carbocycles. The van der Waals surface area contributed by atoms with Gasteiger partial charge in [-0.3, -0.25) is 4.79 Å². The van der Waals surface area contributed by atoms with Gasteiger partial charge in [0.05, 0.1) is 41.1 Å². The molecule has 0 atom stereocenters. The number of aromatic hydroxyl groups is 1. The monoisotopic (exact) mass is 455 g/mol. The van der Waals surface area contributed by atoms with E-state index in [1.165, 1.54) is 41.6 Å². The molecular formula is C25H29NO7. The maximum atomic E-state index is 13.2. The third-order valence-corrected chi connectivity index (χ3v) is 5.41. The third-order valence-electron chi connectivity index (χ3n) is 5.41. The third kappa shape index (κ3) is 4.90. The van der Waals surface area contributed by atoms with Crippen LogP contribution in [0.15, 0.2) is 30.4 Å². The van der Waals surface area contributed by atoms with Gasteiger partial charge in [0.1, 0.15) is 22.8 Å². The summed E-state index contributed by atoms with van der Waals surface area (Å²) in [5, 5.41) is 14.4. The minimum Gasteiger partial charge on any atom is -0.506 e. The number of hydrogen-bond acceptors (Lipinski definition) is 8. The van der Waals surface area contributed by atoms with Crippen LogP contribution in [0.1, 0.15) is 27.9 Å². The predicted molar refractivity (Wildman–Crippen MR) is 126 cm³/mol. The molecule has 1 aliphatic heterocycles. The molecule has 1 aliphatic rings. The molecule has 0 bridgehead atoms. The zero-order valence-corrected chi connectivity index (χ0v) is 19.5. The summed E-state index contributed by atoms with van der Waals surface area (Å²) in [4.78, 5) is 13.2. The Kier molecular flexibility index (Phi) is 7.84. The second-order valence-electron chi connectivity index (χ2n) is 7.22. The van der Waals surface area contributed by atoms with Gasteiger partial charge in [-0.05, 0) is 42.3 Å². The lowest BCUT2D eigenvalue weighted by molar-refractivity contribution is 0.104. The first-order valence-electron chi connectivity index (χ1n) is 10.4. The fraction of sp³-hybridized carbons (Fsp3) is 0.320. The van der Waals surface area contributed by atoms with Gasteiger partial charge in [0.15, 0.2) is 17.3 Å². The SMILES string of the molecule is COc1cc(/C=C/C(=O)c2c(OC)cc(OC)c(C3=CCNCC3)c2O)cc(OC)c1OC. The number of rotatable bonds is 9. The Hall–Kier alpha value is -3.65. The first-order valence-corrected chi connectivity index (χ1v) is 10.4. The van der Waals surface area contributed by atoms with E-state index in [0.29, 0.717) is 47.1 Å². The molecule has 1 heterocycles. The summed E-state index contributed by atoms with van der Waals surface area (Å²) in [6, 6.07) is 5.07. The van der Waals surface area contributed by atoms with E-state index in [-0.39, 0.29) is 17.1 Å². The van der Waals surface area contributed by atoms with E-state index in [0.717, 1.165) is 12.1 Å². The van der Waals surface area contributed by atoms with Crippen molar-refractivity contribution in [2.45, 2.75) is 6.42 Å². The van der Waals surface area contributed by atoms with Crippen LogP contribution in [-0.2, 0) is 0 Å². The number of nitrogens with one attached hydrogen (secondary N) is 1. The van der Waals surface area contributed by atoms with Gasteiger partial charge in [-0.15, -0.1) is 0 Å². The van der Waals surface area contributed by atoms with Crippen LogP contribution < -0.4 is 29.0 Å². The second-order valence-corrected chi connectivity index (χ2v) is 7.22. The van der Waals surface area contributed by atoms with Crippen LogP contribution in [0, 0.1) is 0 Å². The molecule has 0 saturated heterocycles. The number of hydrogen-bond donors (Lipinski definition) is 2. The lowest BCUT2D eigenvalue weighted by Gasteiger charge is -2.20. The van der Waals surface area contributed by atoms with Gasteiger partial charge in [-0.1, -0.05) is 12.2 Å². The Morgan fingerprint density at radius 3 is 2.06 bits per heavy atom. The number of methoxy groups -OCH3 is 5. The average molecular weight is 456 g/mol. The van der Waals surface area contributed by atoms with Crippen LogP contribution >= 0.6 is 0 Å². The Labute approximate surface area is 193 Å². The molecule has 2 aromatic rings. The Morgan fingerprint density at radius 2 is 1.55 bits per heavy atom. The van der Waals surface area contributed by atoms with Crippen molar-refractivity contribution in [3.8, 4) is 34.5 Å². The van der Waals surface area contributed by atoms with Gasteiger partial charge < -0.3 is 34.1 Å². The van der Waals surface area contributed by atoms with E-state index in [1.807, 2.05) is 6.08 Å². The standard InChI is InChI=1S/C25H29NO7/c1-29-18-14-19(30-2)23(24(28)22(18)16-8-10-26-11-9-16)17(27)7-6-15-12-20(31-3)25(33-5)21(13-15)32-4/h6-8,12-14,26,28H,9-11H2,1-5H3/b7-6+. The van der Waals surface area contributed by atoms with Gasteiger partial charge >= 0.3 is 0 Å². The van der Waals surface area contributed by atoms with Crippen molar-refractivity contribution >= 4 is 17.4 Å². The Balaban J connectivity index is 2.05. The molecule has 0 aliphatic carbocycles. The molecule has 0 saturated carbocycles. The summed E-state index contributed by atoms with van der Waals surface area (Å²) < 4.78 is 27.0. The number of carbonyl (C=O) groups excluding carboxylic acids is 1. The topological polar surface area (TPSA) is 95.5 Å². The quantitative estimate of drug-likeness (QED) is 0.437. The smallest absolute Gasteiger partial charge is 0.203 e. The zero-order chi connectivity index (χ0) is 24.0. The summed E-state index contributed by atoms with van der Waals surface area (Å²) >= 11 is 0. The number of phenolic OH excluding ortho intramolecular Hbond substituents is 1. The number of carbonyl (C=O) groups is 1. The largest absolute Gasteiger partial charge is 0.506 e. The summed E-state index contributed by atoms with van der Waals surface area (Å²) in [6.07, 6.45) is 5.66. The maximum absolute atomic E-state index is 13.2. The van der Waals surface area contributed by atoms with E-state index in [4.69, 9.17) is 23.7 Å². The minimum atomic E-state index is -0.420. The molecule has 2 N–H and O–H groups in total. The highest BCUT2D eigenvalue weighted by molar-refractivity contribution is 6.11. The molecule has 3 rings (SSSR count). The maximum Gasteiger partial charge on any atom is 0.203 e. The van der Waals surface area contributed by atoms with E-state index in [9.17, 15) is 9.90 Å². The summed E-state index contributed by atoms with van der Waals surface area (Å²) in [5.74, 6) is 1.47. The molecule has 0 aromatic heterocycles. The van der Waals surface area contributed by atoms with Crippen molar-refractivity contribution in [1.29, 1.82) is 0 Å². The van der Waals surface area contributed by atoms with Crippen LogP contribution in [0.4, 0.5) is 0 Å². The lowest BCUT2D eigenvalue weighted by Crippen LogP contribution is -2.20. The van der Waals surface area contributed by atoms with E-state index >= 15 is 0 Å². The first kappa shape index (κ1) is 24.0. The summed E-state index contributed by atoms with van der Waals surface area (Å²) in [7, 11) is 7.52. The molecule has 8 heteroatoms. The van der Waals surface area contributed by atoms with Crippen molar-refractivity contribution in [2.24, 2.45) is 0 Å². The first-order chi connectivity index (χ1) is 16.0. The van der Waals surface area contributed by atoms with E-state index in [2.05, 4.69) is 5.32 Å². The number of allylic oxidation sites excluding steroid dienone is 1. The fourth-order valence-electron chi connectivity index (χ4n) is 3.79. The summed E-state index contributed by atoms with van der Waals surface area (Å²) in [6.45, 7) is 1.44. The number of ether oxygens (including phenoxy) is 5. The van der Waals surface area contributed by atoms with Crippen molar-refractivity contribution in [1.82, 2.24) is 5.32 Å². The van der Waals surface area contributed by atoms with E-state index < -0.39 is 5.78 Å². The molecule has 0 amide bonds. The van der Waals surface area contributed by atoms with Crippen LogP contribution in [0.5, 0.6) is 34.5 Å². The molecule has 0 unspecified atom stereocenters. The van der Waals surface area contributed by atoms with E-state index in [1.54, 1.807) is 24.3 Å². The van der Waals surface area contributed by atoms with Crippen LogP contribution in [0.2, 0.25) is 0 Å². The molecule has 0 spiro atoms. The minimum absolute atomic E-state index is 0.0661. The highest BCUT2D eigenvalue weighted by atomic mass is 16.5. The van der Waals surface area contributed by atoms with Crippen molar-refractivity contribution in [2.75, 3.05) is 48.6 Å². The van der Waals surface area contributed by atoms with Crippen molar-refractivity contribution in [3.05, 3.63) is 47.0 Å². The summed E-state index contributed by atoms with van der Waals surface area (Å²) in [5.41, 5.74) is 2.14. The van der Waals surface area contributed by atoms with Crippen LogP contribution in [0.25, 0.3) is 11.6 Å². The van der Waals surface area contributed by atoms with Crippen molar-refractivity contribution in [3.63, 3.8) is 0 Å².